The molecule has 0 spiro atoms. The van der Waals surface area contributed by atoms with Crippen molar-refractivity contribution < 1.29 is 9.18 Å². The molecule has 17 heavy (non-hydrogen) atoms. The highest BCUT2D eigenvalue weighted by Gasteiger charge is 2.30. The molecule has 92 valence electrons. The summed E-state index contributed by atoms with van der Waals surface area (Å²) < 4.78 is 13.7. The fraction of sp³-hybridized carbons (Fsp3) is 0.417. The Hall–Kier alpha value is -1.62. The van der Waals surface area contributed by atoms with Crippen LogP contribution >= 0.6 is 0 Å². The first-order chi connectivity index (χ1) is 8.09. The highest BCUT2D eigenvalue weighted by atomic mass is 19.1. The minimum absolute atomic E-state index is 0.00875. The van der Waals surface area contributed by atoms with Gasteiger partial charge in [0, 0.05) is 19.0 Å². The number of nitrogens with zero attached hydrogens (tertiary/aromatic N) is 2. The maximum absolute atomic E-state index is 13.7. The molecule has 1 aromatic rings. The van der Waals surface area contributed by atoms with Gasteiger partial charge in [-0.2, -0.15) is 0 Å². The van der Waals surface area contributed by atoms with Crippen molar-refractivity contribution in [2.45, 2.75) is 19.4 Å². The average Bonchev–Trinajstić information content (AvgIpc) is 2.61. The van der Waals surface area contributed by atoms with Crippen molar-refractivity contribution in [3.63, 3.8) is 0 Å². The van der Waals surface area contributed by atoms with Crippen LogP contribution in [0.15, 0.2) is 24.3 Å². The number of nitrogens with two attached hydrogens (primary N) is 1. The molecule has 1 heterocycles. The summed E-state index contributed by atoms with van der Waals surface area (Å²) in [4.78, 5) is 11.7. The number of carbonyl (C=O) groups is 1. The number of hydrogen-bond donors (Lipinski definition) is 1. The van der Waals surface area contributed by atoms with Crippen molar-refractivity contribution in [1.82, 2.24) is 5.01 Å². The van der Waals surface area contributed by atoms with Crippen molar-refractivity contribution in [3.05, 3.63) is 30.1 Å². The lowest BCUT2D eigenvalue weighted by Crippen LogP contribution is -2.45. The van der Waals surface area contributed by atoms with Gasteiger partial charge in [-0.1, -0.05) is 12.1 Å². The van der Waals surface area contributed by atoms with E-state index in [1.807, 2.05) is 6.92 Å². The van der Waals surface area contributed by atoms with Gasteiger partial charge in [0.25, 0.3) is 0 Å². The smallest absolute Gasteiger partial charge is 0.242 e. The molecule has 2 N–H and O–H groups in total. The largest absolute Gasteiger partial charge is 0.326 e. The van der Waals surface area contributed by atoms with Crippen LogP contribution in [0.25, 0.3) is 0 Å². The molecule has 2 rings (SSSR count). The normalized spacial score (nSPS) is 17.7. The summed E-state index contributed by atoms with van der Waals surface area (Å²) in [5.74, 6) is -0.331. The van der Waals surface area contributed by atoms with Crippen LogP contribution in [0.1, 0.15) is 13.3 Å². The number of para-hydroxylation sites is 1. The van der Waals surface area contributed by atoms with Gasteiger partial charge >= 0.3 is 0 Å². The van der Waals surface area contributed by atoms with Crippen molar-refractivity contribution in [2.75, 3.05) is 18.1 Å². The van der Waals surface area contributed by atoms with E-state index in [4.69, 9.17) is 5.73 Å². The minimum atomic E-state index is -0.322. The van der Waals surface area contributed by atoms with E-state index in [1.54, 1.807) is 23.2 Å². The van der Waals surface area contributed by atoms with Crippen LogP contribution in [-0.2, 0) is 4.79 Å². The lowest BCUT2D eigenvalue weighted by atomic mass is 10.3. The number of hydrogen-bond acceptors (Lipinski definition) is 3. The Morgan fingerprint density at radius 3 is 2.82 bits per heavy atom. The molecular formula is C12H16FN3O. The minimum Gasteiger partial charge on any atom is -0.326 e. The maximum Gasteiger partial charge on any atom is 0.242 e. The lowest BCUT2D eigenvalue weighted by molar-refractivity contribution is -0.128. The van der Waals surface area contributed by atoms with E-state index in [0.717, 1.165) is 0 Å². The third-order valence-electron chi connectivity index (χ3n) is 2.71. The summed E-state index contributed by atoms with van der Waals surface area (Å²) in [6.07, 6.45) is 0.404. The third kappa shape index (κ3) is 2.39. The predicted octanol–water partition coefficient (Wildman–Crippen LogP) is 1.13. The monoisotopic (exact) mass is 237 g/mol. The summed E-state index contributed by atoms with van der Waals surface area (Å²) in [5, 5.41) is 3.20. The second-order valence-corrected chi connectivity index (χ2v) is 4.28. The number of benzene rings is 1. The Bertz CT molecular complexity index is 422. The van der Waals surface area contributed by atoms with E-state index >= 15 is 0 Å². The molecule has 4 nitrogen and oxygen atoms in total. The number of rotatable bonds is 3. The molecule has 0 aliphatic carbocycles. The van der Waals surface area contributed by atoms with Gasteiger partial charge in [-0.15, -0.1) is 0 Å². The second kappa shape index (κ2) is 4.71. The average molecular weight is 237 g/mol. The summed E-state index contributed by atoms with van der Waals surface area (Å²) >= 11 is 0. The SMILES string of the molecule is CC(N)CN1C(=O)CCN1c1ccccc1F. The Balaban J connectivity index is 2.25. The standard InChI is InChI=1S/C12H16FN3O/c1-9(14)8-16-12(17)6-7-15(16)11-5-3-2-4-10(11)13/h2-5,9H,6-8,14H2,1H3. The summed E-state index contributed by atoms with van der Waals surface area (Å²) in [6.45, 7) is 2.74. The Labute approximate surface area is 99.8 Å². The summed E-state index contributed by atoms with van der Waals surface area (Å²) in [5.41, 5.74) is 6.13. The van der Waals surface area contributed by atoms with Crippen molar-refractivity contribution in [2.24, 2.45) is 5.73 Å². The Morgan fingerprint density at radius 2 is 2.18 bits per heavy atom. The summed E-state index contributed by atoms with van der Waals surface area (Å²) in [7, 11) is 0. The third-order valence-corrected chi connectivity index (χ3v) is 2.71. The van der Waals surface area contributed by atoms with Crippen LogP contribution < -0.4 is 10.7 Å². The molecule has 0 saturated carbocycles. The molecule has 0 aromatic heterocycles. The van der Waals surface area contributed by atoms with Crippen LogP contribution in [0.2, 0.25) is 0 Å². The van der Waals surface area contributed by atoms with Gasteiger partial charge in [-0.3, -0.25) is 14.8 Å². The van der Waals surface area contributed by atoms with Gasteiger partial charge in [-0.25, -0.2) is 4.39 Å². The zero-order valence-corrected chi connectivity index (χ0v) is 9.77. The zero-order chi connectivity index (χ0) is 12.4. The van der Waals surface area contributed by atoms with Gasteiger partial charge in [0.1, 0.15) is 5.82 Å². The molecule has 1 unspecified atom stereocenters. The molecule has 1 fully saturated rings. The lowest BCUT2D eigenvalue weighted by Gasteiger charge is -2.31. The first-order valence-corrected chi connectivity index (χ1v) is 5.67. The van der Waals surface area contributed by atoms with Crippen LogP contribution in [0.3, 0.4) is 0 Å². The van der Waals surface area contributed by atoms with Gasteiger partial charge in [0.15, 0.2) is 0 Å². The van der Waals surface area contributed by atoms with Gasteiger partial charge < -0.3 is 5.73 Å². The first-order valence-electron chi connectivity index (χ1n) is 5.67. The van der Waals surface area contributed by atoms with Crippen molar-refractivity contribution in [3.8, 4) is 0 Å². The molecule has 0 radical (unpaired) electrons. The van der Waals surface area contributed by atoms with Gasteiger partial charge in [-0.05, 0) is 19.1 Å². The van der Waals surface area contributed by atoms with Gasteiger partial charge in [0.05, 0.1) is 12.2 Å². The van der Waals surface area contributed by atoms with E-state index in [-0.39, 0.29) is 17.8 Å². The molecule has 5 heteroatoms. The maximum atomic E-state index is 13.7. The molecule has 1 aliphatic heterocycles. The van der Waals surface area contributed by atoms with Crippen molar-refractivity contribution in [1.29, 1.82) is 0 Å². The molecule has 1 amide bonds. The van der Waals surface area contributed by atoms with E-state index < -0.39 is 0 Å². The highest BCUT2D eigenvalue weighted by molar-refractivity contribution is 5.82. The van der Waals surface area contributed by atoms with Crippen LogP contribution in [0.4, 0.5) is 10.1 Å². The number of amides is 1. The number of carbonyl (C=O) groups excluding carboxylic acids is 1. The quantitative estimate of drug-likeness (QED) is 0.857. The van der Waals surface area contributed by atoms with Gasteiger partial charge in [0.2, 0.25) is 5.91 Å². The van der Waals surface area contributed by atoms with Crippen LogP contribution in [0, 0.1) is 5.82 Å². The predicted molar refractivity (Wildman–Crippen MR) is 63.7 cm³/mol. The second-order valence-electron chi connectivity index (χ2n) is 4.28. The number of hydrazine groups is 1. The molecule has 1 aromatic carbocycles. The fourth-order valence-corrected chi connectivity index (χ4v) is 1.97. The summed E-state index contributed by atoms with van der Waals surface area (Å²) in [6, 6.07) is 6.31. The van der Waals surface area contributed by atoms with E-state index in [2.05, 4.69) is 0 Å². The van der Waals surface area contributed by atoms with Crippen molar-refractivity contribution >= 4 is 11.6 Å². The fourth-order valence-electron chi connectivity index (χ4n) is 1.97. The van der Waals surface area contributed by atoms with Crippen LogP contribution in [0.5, 0.6) is 0 Å². The molecule has 0 bridgehead atoms. The topological polar surface area (TPSA) is 49.6 Å². The number of anilines is 1. The molecule has 1 aliphatic rings. The highest BCUT2D eigenvalue weighted by Crippen LogP contribution is 2.25. The molecule has 1 saturated heterocycles. The molecular weight excluding hydrogens is 221 g/mol. The zero-order valence-electron chi connectivity index (χ0n) is 9.77. The van der Waals surface area contributed by atoms with Crippen LogP contribution in [-0.4, -0.2) is 30.0 Å². The number of halogens is 1. The molecule has 1 atom stereocenters. The Kier molecular flexibility index (Phi) is 3.28. The van der Waals surface area contributed by atoms with E-state index in [0.29, 0.717) is 25.2 Å². The Morgan fingerprint density at radius 1 is 1.47 bits per heavy atom. The van der Waals surface area contributed by atoms with E-state index in [9.17, 15) is 9.18 Å². The van der Waals surface area contributed by atoms with E-state index in [1.165, 1.54) is 11.1 Å². The first kappa shape index (κ1) is 11.9.